The lowest BCUT2D eigenvalue weighted by atomic mass is 10.2. The average molecular weight is 325 g/mol. The molecule has 0 radical (unpaired) electrons. The van der Waals surface area contributed by atoms with E-state index >= 15 is 0 Å². The molecule has 0 N–H and O–H groups in total. The quantitative estimate of drug-likeness (QED) is 0.793. The molecule has 22 heavy (non-hydrogen) atoms. The Morgan fingerprint density at radius 3 is 2.82 bits per heavy atom. The molecule has 1 saturated heterocycles. The number of carbonyl (C=O) groups excluding carboxylic acids is 1. The lowest BCUT2D eigenvalue weighted by Gasteiger charge is -2.24. The van der Waals surface area contributed by atoms with E-state index in [9.17, 15) is 4.79 Å². The number of aromatic nitrogens is 2. The molecule has 0 saturated carbocycles. The maximum Gasteiger partial charge on any atom is 0.410 e. The summed E-state index contributed by atoms with van der Waals surface area (Å²) in [5.41, 5.74) is 0.369. The van der Waals surface area contributed by atoms with E-state index in [1.165, 1.54) is 0 Å². The highest BCUT2D eigenvalue weighted by Crippen LogP contribution is 2.20. The number of nitrogens with zero attached hydrogens (tertiary/aromatic N) is 3. The van der Waals surface area contributed by atoms with Gasteiger partial charge < -0.3 is 14.4 Å². The van der Waals surface area contributed by atoms with Crippen molar-refractivity contribution >= 4 is 17.9 Å². The van der Waals surface area contributed by atoms with Crippen molar-refractivity contribution in [2.45, 2.75) is 50.5 Å². The molecule has 0 aliphatic carbocycles. The number of rotatable bonds is 4. The van der Waals surface area contributed by atoms with Gasteiger partial charge in [-0.25, -0.2) is 9.78 Å². The monoisotopic (exact) mass is 325 g/mol. The predicted octanol–water partition coefficient (Wildman–Crippen LogP) is 2.72. The zero-order valence-electron chi connectivity index (χ0n) is 13.5. The van der Waals surface area contributed by atoms with Crippen molar-refractivity contribution in [3.63, 3.8) is 0 Å². The standard InChI is InChI=1S/C15H23N3O3S/c1-15(2,3)21-14(19)18-8-5-11(9-18)20-10-12-13(22-4)17-7-6-16-12/h6-7,11H,5,8-10H2,1-4H3/t11-/m0/s1. The minimum atomic E-state index is -0.469. The molecule has 2 heterocycles. The van der Waals surface area contributed by atoms with Crippen LogP contribution in [0.5, 0.6) is 0 Å². The fourth-order valence-electron chi connectivity index (χ4n) is 2.18. The van der Waals surface area contributed by atoms with Crippen LogP contribution in [-0.2, 0) is 16.1 Å². The highest BCUT2D eigenvalue weighted by molar-refractivity contribution is 7.98. The van der Waals surface area contributed by atoms with E-state index in [0.717, 1.165) is 17.1 Å². The maximum absolute atomic E-state index is 12.0. The molecular weight excluding hydrogens is 302 g/mol. The van der Waals surface area contributed by atoms with Gasteiger partial charge in [0.1, 0.15) is 10.6 Å². The molecule has 6 nitrogen and oxygen atoms in total. The summed E-state index contributed by atoms with van der Waals surface area (Å²) in [5.74, 6) is 0. The summed E-state index contributed by atoms with van der Waals surface area (Å²) >= 11 is 1.55. The Kier molecular flexibility index (Phi) is 5.63. The van der Waals surface area contributed by atoms with Gasteiger partial charge in [0.05, 0.1) is 24.9 Å². The molecule has 7 heteroatoms. The Morgan fingerprint density at radius 1 is 1.41 bits per heavy atom. The molecule has 1 fully saturated rings. The van der Waals surface area contributed by atoms with E-state index < -0.39 is 5.60 Å². The number of ether oxygens (including phenoxy) is 2. The van der Waals surface area contributed by atoms with Gasteiger partial charge in [0, 0.05) is 18.9 Å². The van der Waals surface area contributed by atoms with Crippen molar-refractivity contribution in [2.24, 2.45) is 0 Å². The first-order chi connectivity index (χ1) is 10.4. The van der Waals surface area contributed by atoms with Gasteiger partial charge in [-0.2, -0.15) is 0 Å². The van der Waals surface area contributed by atoms with E-state index in [2.05, 4.69) is 9.97 Å². The summed E-state index contributed by atoms with van der Waals surface area (Å²) in [5, 5.41) is 0.879. The van der Waals surface area contributed by atoms with Gasteiger partial charge in [-0.3, -0.25) is 4.98 Å². The van der Waals surface area contributed by atoms with Crippen LogP contribution in [0.25, 0.3) is 0 Å². The van der Waals surface area contributed by atoms with Gasteiger partial charge in [-0.15, -0.1) is 11.8 Å². The lowest BCUT2D eigenvalue weighted by Crippen LogP contribution is -2.36. The lowest BCUT2D eigenvalue weighted by molar-refractivity contribution is 0.0175. The summed E-state index contributed by atoms with van der Waals surface area (Å²) < 4.78 is 11.3. The second-order valence-electron chi connectivity index (χ2n) is 6.16. The number of hydrogen-bond acceptors (Lipinski definition) is 6. The molecule has 1 aromatic heterocycles. The molecule has 1 atom stereocenters. The van der Waals surface area contributed by atoms with Crippen molar-refractivity contribution in [2.75, 3.05) is 19.3 Å². The van der Waals surface area contributed by atoms with Crippen molar-refractivity contribution in [1.29, 1.82) is 0 Å². The van der Waals surface area contributed by atoms with Crippen molar-refractivity contribution in [1.82, 2.24) is 14.9 Å². The van der Waals surface area contributed by atoms with Crippen molar-refractivity contribution < 1.29 is 14.3 Å². The number of thioether (sulfide) groups is 1. The fourth-order valence-corrected chi connectivity index (χ4v) is 2.69. The summed E-state index contributed by atoms with van der Waals surface area (Å²) in [6, 6.07) is 0. The molecular formula is C15H23N3O3S. The molecule has 1 amide bonds. The second kappa shape index (κ2) is 7.28. The molecule has 0 spiro atoms. The number of likely N-dealkylation sites (tertiary alicyclic amines) is 1. The van der Waals surface area contributed by atoms with Gasteiger partial charge in [0.25, 0.3) is 0 Å². The highest BCUT2D eigenvalue weighted by Gasteiger charge is 2.30. The Labute approximate surface area is 135 Å². The van der Waals surface area contributed by atoms with Crippen LogP contribution in [-0.4, -0.2) is 52.0 Å². The fraction of sp³-hybridized carbons (Fsp3) is 0.667. The van der Waals surface area contributed by atoms with Crippen LogP contribution >= 0.6 is 11.8 Å². The van der Waals surface area contributed by atoms with Crippen LogP contribution in [0.4, 0.5) is 4.79 Å². The molecule has 0 aromatic carbocycles. The van der Waals surface area contributed by atoms with E-state index in [1.807, 2.05) is 27.0 Å². The van der Waals surface area contributed by atoms with Crippen LogP contribution in [0.3, 0.4) is 0 Å². The number of amides is 1. The summed E-state index contributed by atoms with van der Waals surface area (Å²) in [4.78, 5) is 22.3. The average Bonchev–Trinajstić information content (AvgIpc) is 2.92. The number of carbonyl (C=O) groups is 1. The zero-order valence-corrected chi connectivity index (χ0v) is 14.4. The van der Waals surface area contributed by atoms with Crippen LogP contribution in [0.15, 0.2) is 17.4 Å². The SMILES string of the molecule is CSc1nccnc1CO[C@H]1CCN(C(=O)OC(C)(C)C)C1. The molecule has 0 bridgehead atoms. The first-order valence-electron chi connectivity index (χ1n) is 7.32. The molecule has 1 aromatic rings. The van der Waals surface area contributed by atoms with Crippen molar-refractivity contribution in [3.05, 3.63) is 18.1 Å². The third-order valence-electron chi connectivity index (χ3n) is 3.18. The van der Waals surface area contributed by atoms with E-state index in [-0.39, 0.29) is 12.2 Å². The van der Waals surface area contributed by atoms with E-state index in [0.29, 0.717) is 19.7 Å². The van der Waals surface area contributed by atoms with Crippen LogP contribution < -0.4 is 0 Å². The van der Waals surface area contributed by atoms with Crippen LogP contribution in [0, 0.1) is 0 Å². The minimum Gasteiger partial charge on any atom is -0.444 e. The number of hydrogen-bond donors (Lipinski definition) is 0. The Morgan fingerprint density at radius 2 is 2.14 bits per heavy atom. The van der Waals surface area contributed by atoms with Crippen molar-refractivity contribution in [3.8, 4) is 0 Å². The van der Waals surface area contributed by atoms with Crippen LogP contribution in [0.1, 0.15) is 32.9 Å². The maximum atomic E-state index is 12.0. The largest absolute Gasteiger partial charge is 0.444 e. The summed E-state index contributed by atoms with van der Waals surface area (Å²) in [7, 11) is 0. The predicted molar refractivity (Wildman–Crippen MR) is 84.8 cm³/mol. The Hall–Kier alpha value is -1.34. The molecule has 2 rings (SSSR count). The summed E-state index contributed by atoms with van der Waals surface area (Å²) in [6.07, 6.45) is 5.86. The first kappa shape index (κ1) is 17.0. The molecule has 1 aliphatic heterocycles. The third kappa shape index (κ3) is 4.84. The van der Waals surface area contributed by atoms with Gasteiger partial charge in [-0.05, 0) is 33.4 Å². The van der Waals surface area contributed by atoms with E-state index in [1.54, 1.807) is 29.1 Å². The topological polar surface area (TPSA) is 64.6 Å². The molecule has 122 valence electrons. The van der Waals surface area contributed by atoms with Crippen LogP contribution in [0.2, 0.25) is 0 Å². The van der Waals surface area contributed by atoms with Gasteiger partial charge >= 0.3 is 6.09 Å². The van der Waals surface area contributed by atoms with Gasteiger partial charge in [0.2, 0.25) is 0 Å². The smallest absolute Gasteiger partial charge is 0.410 e. The van der Waals surface area contributed by atoms with E-state index in [4.69, 9.17) is 9.47 Å². The highest BCUT2D eigenvalue weighted by atomic mass is 32.2. The van der Waals surface area contributed by atoms with Gasteiger partial charge in [-0.1, -0.05) is 0 Å². The van der Waals surface area contributed by atoms with Gasteiger partial charge in [0.15, 0.2) is 0 Å². The Bertz CT molecular complexity index is 519. The molecule has 0 unspecified atom stereocenters. The first-order valence-corrected chi connectivity index (χ1v) is 8.55. The minimum absolute atomic E-state index is 0.0178. The molecule has 1 aliphatic rings. The third-order valence-corrected chi connectivity index (χ3v) is 3.91. The summed E-state index contributed by atoms with van der Waals surface area (Å²) in [6.45, 7) is 7.24. The Balaban J connectivity index is 1.83. The normalized spacial score (nSPS) is 18.5. The second-order valence-corrected chi connectivity index (χ2v) is 6.96. The zero-order chi connectivity index (χ0) is 16.2.